The number of aromatic nitrogens is 2. The lowest BCUT2D eigenvalue weighted by molar-refractivity contribution is 0.505. The predicted molar refractivity (Wildman–Crippen MR) is 86.9 cm³/mol. The summed E-state index contributed by atoms with van der Waals surface area (Å²) >= 11 is 3.61. The average molecular weight is 336 g/mol. The standard InChI is InChI=1S/C16H22BrN3/c1-5-18-15(16-14(17)10-19-20(16)4)9-13-8-11(2)6-7-12(13)3/h6-8,10,15,18H,5,9H2,1-4H3. The zero-order chi connectivity index (χ0) is 14.7. The van der Waals surface area contributed by atoms with Gasteiger partial charge in [-0.3, -0.25) is 4.68 Å². The summed E-state index contributed by atoms with van der Waals surface area (Å²) in [5, 5.41) is 7.90. The van der Waals surface area contributed by atoms with Gasteiger partial charge in [0.25, 0.3) is 0 Å². The van der Waals surface area contributed by atoms with Crippen LogP contribution in [0.4, 0.5) is 0 Å². The van der Waals surface area contributed by atoms with Gasteiger partial charge in [0.1, 0.15) is 0 Å². The van der Waals surface area contributed by atoms with Crippen LogP contribution in [-0.2, 0) is 13.5 Å². The third kappa shape index (κ3) is 3.30. The van der Waals surface area contributed by atoms with E-state index in [9.17, 15) is 0 Å². The second kappa shape index (κ2) is 6.55. The van der Waals surface area contributed by atoms with Crippen molar-refractivity contribution in [2.24, 2.45) is 7.05 Å². The molecule has 0 bridgehead atoms. The fourth-order valence-corrected chi connectivity index (χ4v) is 3.19. The van der Waals surface area contributed by atoms with Gasteiger partial charge in [-0.25, -0.2) is 0 Å². The molecule has 4 heteroatoms. The molecule has 108 valence electrons. The summed E-state index contributed by atoms with van der Waals surface area (Å²) in [7, 11) is 1.99. The highest BCUT2D eigenvalue weighted by Gasteiger charge is 2.19. The first kappa shape index (κ1) is 15.3. The van der Waals surface area contributed by atoms with Crippen molar-refractivity contribution in [3.8, 4) is 0 Å². The van der Waals surface area contributed by atoms with Crippen LogP contribution in [0, 0.1) is 13.8 Å². The molecule has 0 aliphatic carbocycles. The number of hydrogen-bond acceptors (Lipinski definition) is 2. The van der Waals surface area contributed by atoms with Gasteiger partial charge < -0.3 is 5.32 Å². The van der Waals surface area contributed by atoms with Crippen LogP contribution in [0.5, 0.6) is 0 Å². The van der Waals surface area contributed by atoms with Crippen LogP contribution in [0.25, 0.3) is 0 Å². The van der Waals surface area contributed by atoms with Crippen molar-refractivity contribution in [3.05, 3.63) is 51.3 Å². The highest BCUT2D eigenvalue weighted by atomic mass is 79.9. The maximum absolute atomic E-state index is 4.33. The Morgan fingerprint density at radius 3 is 2.70 bits per heavy atom. The minimum Gasteiger partial charge on any atom is -0.309 e. The first-order valence-electron chi connectivity index (χ1n) is 6.99. The summed E-state index contributed by atoms with van der Waals surface area (Å²) in [5.41, 5.74) is 5.25. The zero-order valence-electron chi connectivity index (χ0n) is 12.6. The van der Waals surface area contributed by atoms with Crippen LogP contribution in [-0.4, -0.2) is 16.3 Å². The molecule has 0 saturated carbocycles. The van der Waals surface area contributed by atoms with Crippen LogP contribution in [0.3, 0.4) is 0 Å². The predicted octanol–water partition coefficient (Wildman–Crippen LogP) is 3.69. The van der Waals surface area contributed by atoms with Crippen LogP contribution < -0.4 is 5.32 Å². The summed E-state index contributed by atoms with van der Waals surface area (Å²) in [4.78, 5) is 0. The van der Waals surface area contributed by atoms with Crippen molar-refractivity contribution in [2.75, 3.05) is 6.54 Å². The van der Waals surface area contributed by atoms with Crippen LogP contribution in [0.1, 0.15) is 35.3 Å². The van der Waals surface area contributed by atoms with E-state index in [0.717, 1.165) is 17.4 Å². The number of halogens is 1. The lowest BCUT2D eigenvalue weighted by atomic mass is 9.97. The number of nitrogens with one attached hydrogen (secondary N) is 1. The molecule has 0 spiro atoms. The van der Waals surface area contributed by atoms with Gasteiger partial charge in [0.05, 0.1) is 22.4 Å². The second-order valence-electron chi connectivity index (χ2n) is 5.25. The quantitative estimate of drug-likeness (QED) is 0.902. The van der Waals surface area contributed by atoms with Gasteiger partial charge in [-0.1, -0.05) is 30.7 Å². The molecule has 20 heavy (non-hydrogen) atoms. The Morgan fingerprint density at radius 1 is 1.35 bits per heavy atom. The number of aryl methyl sites for hydroxylation is 3. The molecule has 1 aromatic carbocycles. The van der Waals surface area contributed by atoms with Crippen molar-refractivity contribution in [2.45, 2.75) is 33.2 Å². The zero-order valence-corrected chi connectivity index (χ0v) is 14.2. The van der Waals surface area contributed by atoms with E-state index in [1.54, 1.807) is 0 Å². The molecular weight excluding hydrogens is 314 g/mol. The highest BCUT2D eigenvalue weighted by molar-refractivity contribution is 9.10. The van der Waals surface area contributed by atoms with Gasteiger partial charge in [0.15, 0.2) is 0 Å². The topological polar surface area (TPSA) is 29.9 Å². The molecule has 0 fully saturated rings. The van der Waals surface area contributed by atoms with E-state index in [-0.39, 0.29) is 6.04 Å². The Balaban J connectivity index is 2.33. The highest BCUT2D eigenvalue weighted by Crippen LogP contribution is 2.26. The molecule has 1 unspecified atom stereocenters. The number of hydrogen-bond donors (Lipinski definition) is 1. The maximum atomic E-state index is 4.33. The van der Waals surface area contributed by atoms with E-state index in [4.69, 9.17) is 0 Å². The maximum Gasteiger partial charge on any atom is 0.0695 e. The largest absolute Gasteiger partial charge is 0.309 e. The summed E-state index contributed by atoms with van der Waals surface area (Å²) in [5.74, 6) is 0. The molecule has 0 amide bonds. The van der Waals surface area contributed by atoms with Crippen molar-refractivity contribution >= 4 is 15.9 Å². The van der Waals surface area contributed by atoms with Crippen molar-refractivity contribution < 1.29 is 0 Å². The van der Waals surface area contributed by atoms with Crippen LogP contribution in [0.2, 0.25) is 0 Å². The monoisotopic (exact) mass is 335 g/mol. The van der Waals surface area contributed by atoms with Gasteiger partial charge in [-0.05, 0) is 53.9 Å². The fourth-order valence-electron chi connectivity index (χ4n) is 2.56. The fraction of sp³-hybridized carbons (Fsp3) is 0.438. The SMILES string of the molecule is CCNC(Cc1cc(C)ccc1C)c1c(Br)cnn1C. The first-order valence-corrected chi connectivity index (χ1v) is 7.79. The van der Waals surface area contributed by atoms with E-state index in [1.807, 2.05) is 17.9 Å². The number of likely N-dealkylation sites (N-methyl/N-ethyl adjacent to an activating group) is 1. The number of nitrogens with zero attached hydrogens (tertiary/aromatic N) is 2. The van der Waals surface area contributed by atoms with E-state index in [0.29, 0.717) is 0 Å². The Morgan fingerprint density at radius 2 is 2.10 bits per heavy atom. The third-order valence-corrected chi connectivity index (χ3v) is 4.26. The molecule has 0 radical (unpaired) electrons. The summed E-state index contributed by atoms with van der Waals surface area (Å²) < 4.78 is 3.01. The molecule has 3 nitrogen and oxygen atoms in total. The van der Waals surface area contributed by atoms with Crippen molar-refractivity contribution in [1.29, 1.82) is 0 Å². The molecule has 2 rings (SSSR count). The third-order valence-electron chi connectivity index (χ3n) is 3.65. The Hall–Kier alpha value is -1.13. The molecule has 0 saturated heterocycles. The summed E-state index contributed by atoms with van der Waals surface area (Å²) in [6.45, 7) is 7.40. The number of benzene rings is 1. The van der Waals surface area contributed by atoms with Gasteiger partial charge in [-0.2, -0.15) is 5.10 Å². The van der Waals surface area contributed by atoms with Gasteiger partial charge >= 0.3 is 0 Å². The molecule has 1 N–H and O–H groups in total. The molecule has 0 aliphatic heterocycles. The normalized spacial score (nSPS) is 12.7. The molecule has 1 aromatic heterocycles. The smallest absolute Gasteiger partial charge is 0.0695 e. The Bertz CT molecular complexity index is 570. The summed E-state index contributed by atoms with van der Waals surface area (Å²) in [6, 6.07) is 6.92. The molecule has 1 heterocycles. The first-order chi connectivity index (χ1) is 9.52. The lowest BCUT2D eigenvalue weighted by Crippen LogP contribution is -2.25. The van der Waals surface area contributed by atoms with E-state index < -0.39 is 0 Å². The van der Waals surface area contributed by atoms with Gasteiger partial charge in [0, 0.05) is 7.05 Å². The van der Waals surface area contributed by atoms with E-state index in [1.165, 1.54) is 22.4 Å². The minimum absolute atomic E-state index is 0.266. The van der Waals surface area contributed by atoms with Crippen LogP contribution >= 0.6 is 15.9 Å². The Kier molecular flexibility index (Phi) is 5.00. The lowest BCUT2D eigenvalue weighted by Gasteiger charge is -2.20. The summed E-state index contributed by atoms with van der Waals surface area (Å²) in [6.07, 6.45) is 2.84. The number of rotatable bonds is 5. The van der Waals surface area contributed by atoms with Crippen LogP contribution in [0.15, 0.2) is 28.9 Å². The molecule has 2 aromatic rings. The van der Waals surface area contributed by atoms with E-state index >= 15 is 0 Å². The van der Waals surface area contributed by atoms with Crippen molar-refractivity contribution in [3.63, 3.8) is 0 Å². The molecule has 0 aliphatic rings. The average Bonchev–Trinajstić information content (AvgIpc) is 2.73. The Labute approximate surface area is 129 Å². The minimum atomic E-state index is 0.266. The van der Waals surface area contributed by atoms with Gasteiger partial charge in [0.2, 0.25) is 0 Å². The molecule has 1 atom stereocenters. The van der Waals surface area contributed by atoms with Gasteiger partial charge in [-0.15, -0.1) is 0 Å². The molecular formula is C16H22BrN3. The second-order valence-corrected chi connectivity index (χ2v) is 6.10. The van der Waals surface area contributed by atoms with Crippen molar-refractivity contribution in [1.82, 2.24) is 15.1 Å². The van der Waals surface area contributed by atoms with E-state index in [2.05, 4.69) is 65.3 Å².